The minimum Gasteiger partial charge on any atom is -0.481 e. The number of halogens is 1. The van der Waals surface area contributed by atoms with Crippen molar-refractivity contribution < 1.29 is 14.6 Å². The third-order valence-corrected chi connectivity index (χ3v) is 3.18. The zero-order chi connectivity index (χ0) is 15.2. The lowest BCUT2D eigenvalue weighted by Crippen LogP contribution is -2.10. The molecule has 2 N–H and O–H groups in total. The lowest BCUT2D eigenvalue weighted by Gasteiger charge is -2.12. The summed E-state index contributed by atoms with van der Waals surface area (Å²) in [6.07, 6.45) is 0. The van der Waals surface area contributed by atoms with Crippen LogP contribution < -0.4 is 10.1 Å². The van der Waals surface area contributed by atoms with Crippen molar-refractivity contribution in [2.75, 3.05) is 13.7 Å². The minimum atomic E-state index is -1.00. The Morgan fingerprint density at radius 2 is 1.95 bits per heavy atom. The number of ether oxygens (including phenoxy) is 1. The van der Waals surface area contributed by atoms with E-state index in [2.05, 4.69) is 5.32 Å². The predicted octanol–water partition coefficient (Wildman–Crippen LogP) is 3.19. The molecule has 110 valence electrons. The van der Waals surface area contributed by atoms with E-state index in [0.29, 0.717) is 10.8 Å². The molecule has 0 bridgehead atoms. The van der Waals surface area contributed by atoms with Gasteiger partial charge in [0.1, 0.15) is 5.75 Å². The molecular formula is C16H16ClNO3. The van der Waals surface area contributed by atoms with Crippen LogP contribution in [0.3, 0.4) is 0 Å². The van der Waals surface area contributed by atoms with Crippen LogP contribution in [0.4, 0.5) is 0 Å². The standard InChI is InChI=1S/C16H16ClNO3/c1-18-9-11-2-7-15(21-10-16(19)20)14(8-11)12-3-5-13(17)6-4-12/h2-8,18H,9-10H2,1H3,(H,19,20). The summed E-state index contributed by atoms with van der Waals surface area (Å²) in [7, 11) is 1.87. The first-order valence-electron chi connectivity index (χ1n) is 6.48. The van der Waals surface area contributed by atoms with Crippen LogP contribution in [-0.2, 0) is 11.3 Å². The second kappa shape index (κ2) is 7.11. The molecule has 0 radical (unpaired) electrons. The fourth-order valence-electron chi connectivity index (χ4n) is 2.01. The Kier molecular flexibility index (Phi) is 5.20. The average Bonchev–Trinajstić information content (AvgIpc) is 2.47. The predicted molar refractivity (Wildman–Crippen MR) is 82.8 cm³/mol. The zero-order valence-electron chi connectivity index (χ0n) is 11.6. The van der Waals surface area contributed by atoms with Crippen molar-refractivity contribution in [2.24, 2.45) is 0 Å². The number of aliphatic carboxylic acids is 1. The van der Waals surface area contributed by atoms with Crippen molar-refractivity contribution in [1.29, 1.82) is 0 Å². The second-order valence-corrected chi connectivity index (χ2v) is 4.99. The molecular weight excluding hydrogens is 290 g/mol. The van der Waals surface area contributed by atoms with E-state index >= 15 is 0 Å². The monoisotopic (exact) mass is 305 g/mol. The van der Waals surface area contributed by atoms with Gasteiger partial charge in [0.2, 0.25) is 0 Å². The summed E-state index contributed by atoms with van der Waals surface area (Å²) in [4.78, 5) is 10.7. The topological polar surface area (TPSA) is 58.6 Å². The molecule has 0 unspecified atom stereocenters. The van der Waals surface area contributed by atoms with Crippen LogP contribution >= 0.6 is 11.6 Å². The minimum absolute atomic E-state index is 0.369. The summed E-state index contributed by atoms with van der Waals surface area (Å²) in [5.74, 6) is -0.462. The fourth-order valence-corrected chi connectivity index (χ4v) is 2.14. The molecule has 0 spiro atoms. The highest BCUT2D eigenvalue weighted by atomic mass is 35.5. The molecule has 0 fully saturated rings. The Morgan fingerprint density at radius 1 is 1.24 bits per heavy atom. The Morgan fingerprint density at radius 3 is 2.57 bits per heavy atom. The van der Waals surface area contributed by atoms with Gasteiger partial charge in [-0.1, -0.05) is 29.8 Å². The van der Waals surface area contributed by atoms with Gasteiger partial charge < -0.3 is 15.2 Å². The first-order valence-corrected chi connectivity index (χ1v) is 6.86. The van der Waals surface area contributed by atoms with E-state index in [-0.39, 0.29) is 6.61 Å². The van der Waals surface area contributed by atoms with Crippen LogP contribution in [0.25, 0.3) is 11.1 Å². The van der Waals surface area contributed by atoms with Gasteiger partial charge in [-0.15, -0.1) is 0 Å². The third kappa shape index (κ3) is 4.21. The summed E-state index contributed by atoms with van der Waals surface area (Å²) < 4.78 is 5.36. The van der Waals surface area contributed by atoms with Crippen LogP contribution in [-0.4, -0.2) is 24.7 Å². The summed E-state index contributed by atoms with van der Waals surface area (Å²) in [5, 5.41) is 12.5. The molecule has 5 heteroatoms. The van der Waals surface area contributed by atoms with E-state index in [1.54, 1.807) is 18.2 Å². The number of benzene rings is 2. The molecule has 0 saturated heterocycles. The largest absolute Gasteiger partial charge is 0.481 e. The Hall–Kier alpha value is -2.04. The molecule has 2 aromatic rings. The maximum atomic E-state index is 10.7. The van der Waals surface area contributed by atoms with Gasteiger partial charge in [-0.3, -0.25) is 0 Å². The van der Waals surface area contributed by atoms with Gasteiger partial charge in [0.05, 0.1) is 0 Å². The fraction of sp³-hybridized carbons (Fsp3) is 0.188. The molecule has 0 aliphatic rings. The number of hydrogen-bond acceptors (Lipinski definition) is 3. The number of nitrogens with one attached hydrogen (secondary N) is 1. The van der Waals surface area contributed by atoms with Crippen molar-refractivity contribution in [3.05, 3.63) is 53.1 Å². The van der Waals surface area contributed by atoms with Gasteiger partial charge in [0.15, 0.2) is 6.61 Å². The van der Waals surface area contributed by atoms with E-state index in [4.69, 9.17) is 21.4 Å². The summed E-state index contributed by atoms with van der Waals surface area (Å²) in [6.45, 7) is 0.353. The molecule has 0 saturated carbocycles. The van der Waals surface area contributed by atoms with Gasteiger partial charge in [0.25, 0.3) is 0 Å². The molecule has 0 aromatic heterocycles. The highest BCUT2D eigenvalue weighted by Gasteiger charge is 2.09. The van der Waals surface area contributed by atoms with Crippen LogP contribution in [0.2, 0.25) is 5.02 Å². The van der Waals surface area contributed by atoms with Crippen molar-refractivity contribution in [2.45, 2.75) is 6.54 Å². The molecule has 0 aliphatic heterocycles. The number of carboxylic acid groups (broad SMARTS) is 1. The molecule has 2 aromatic carbocycles. The van der Waals surface area contributed by atoms with Gasteiger partial charge in [-0.25, -0.2) is 4.79 Å². The second-order valence-electron chi connectivity index (χ2n) is 4.55. The average molecular weight is 306 g/mol. The van der Waals surface area contributed by atoms with Gasteiger partial charge in [-0.05, 0) is 42.4 Å². The van der Waals surface area contributed by atoms with Crippen molar-refractivity contribution in [3.8, 4) is 16.9 Å². The molecule has 4 nitrogen and oxygen atoms in total. The van der Waals surface area contributed by atoms with E-state index in [0.717, 1.165) is 23.2 Å². The lowest BCUT2D eigenvalue weighted by molar-refractivity contribution is -0.139. The Labute approximate surface area is 128 Å². The lowest BCUT2D eigenvalue weighted by atomic mass is 10.0. The van der Waals surface area contributed by atoms with Gasteiger partial charge >= 0.3 is 5.97 Å². The van der Waals surface area contributed by atoms with Gasteiger partial charge in [-0.2, -0.15) is 0 Å². The first-order chi connectivity index (χ1) is 10.1. The van der Waals surface area contributed by atoms with E-state index < -0.39 is 5.97 Å². The number of carboxylic acids is 1. The molecule has 0 atom stereocenters. The Bertz CT molecular complexity index is 626. The molecule has 2 rings (SSSR count). The molecule has 21 heavy (non-hydrogen) atoms. The van der Waals surface area contributed by atoms with Gasteiger partial charge in [0, 0.05) is 17.1 Å². The van der Waals surface area contributed by atoms with E-state index in [1.807, 2.05) is 31.3 Å². The third-order valence-electron chi connectivity index (χ3n) is 2.93. The zero-order valence-corrected chi connectivity index (χ0v) is 12.4. The van der Waals surface area contributed by atoms with E-state index in [1.165, 1.54) is 0 Å². The van der Waals surface area contributed by atoms with Crippen LogP contribution in [0.1, 0.15) is 5.56 Å². The summed E-state index contributed by atoms with van der Waals surface area (Å²) in [5.41, 5.74) is 2.86. The number of carbonyl (C=O) groups is 1. The van der Waals surface area contributed by atoms with Crippen LogP contribution in [0.15, 0.2) is 42.5 Å². The first kappa shape index (κ1) is 15.4. The smallest absolute Gasteiger partial charge is 0.341 e. The summed E-state index contributed by atoms with van der Waals surface area (Å²) >= 11 is 5.90. The number of rotatable bonds is 6. The Balaban J connectivity index is 2.39. The molecule has 0 amide bonds. The summed E-state index contributed by atoms with van der Waals surface area (Å²) in [6, 6.07) is 13.0. The maximum Gasteiger partial charge on any atom is 0.341 e. The quantitative estimate of drug-likeness (QED) is 0.860. The normalized spacial score (nSPS) is 10.4. The molecule has 0 aliphatic carbocycles. The van der Waals surface area contributed by atoms with Crippen molar-refractivity contribution in [1.82, 2.24) is 5.32 Å². The van der Waals surface area contributed by atoms with Crippen LogP contribution in [0.5, 0.6) is 5.75 Å². The molecule has 0 heterocycles. The highest BCUT2D eigenvalue weighted by molar-refractivity contribution is 6.30. The van der Waals surface area contributed by atoms with Crippen LogP contribution in [0, 0.1) is 0 Å². The van der Waals surface area contributed by atoms with E-state index in [9.17, 15) is 4.79 Å². The number of hydrogen-bond donors (Lipinski definition) is 2. The van der Waals surface area contributed by atoms with Crippen molar-refractivity contribution >= 4 is 17.6 Å². The van der Waals surface area contributed by atoms with Crippen molar-refractivity contribution in [3.63, 3.8) is 0 Å². The SMILES string of the molecule is CNCc1ccc(OCC(=O)O)c(-c2ccc(Cl)cc2)c1. The maximum absolute atomic E-state index is 10.7. The highest BCUT2D eigenvalue weighted by Crippen LogP contribution is 2.32.